The van der Waals surface area contributed by atoms with Crippen LogP contribution in [0.4, 0.5) is 5.69 Å². The molecule has 0 spiro atoms. The van der Waals surface area contributed by atoms with Gasteiger partial charge >= 0.3 is 5.97 Å². The molecule has 0 amide bonds. The number of anilines is 1. The lowest BCUT2D eigenvalue weighted by Crippen LogP contribution is -2.36. The predicted octanol–water partition coefficient (Wildman–Crippen LogP) is 2.63. The van der Waals surface area contributed by atoms with Gasteiger partial charge < -0.3 is 14.2 Å². The normalized spacial score (nSPS) is 10.7. The molecule has 0 unspecified atom stereocenters. The molecule has 0 N–H and O–H groups in total. The molecule has 0 aliphatic rings. The number of carbonyl (C=O) groups is 1. The maximum Gasteiger partial charge on any atom is 0.326 e. The second-order valence-electron chi connectivity index (χ2n) is 5.36. The van der Waals surface area contributed by atoms with Crippen molar-refractivity contribution in [3.05, 3.63) is 61.2 Å². The highest BCUT2D eigenvalue weighted by Gasteiger charge is 2.27. The van der Waals surface area contributed by atoms with Crippen LogP contribution in [0, 0.1) is 0 Å². The summed E-state index contributed by atoms with van der Waals surface area (Å²) in [5.41, 5.74) is 0.308. The number of sulfonamides is 1. The predicted molar refractivity (Wildman–Crippen MR) is 102 cm³/mol. The quantitative estimate of drug-likeness (QED) is 0.483. The summed E-state index contributed by atoms with van der Waals surface area (Å²) in [5.74, 6) is 0.398. The number of carbonyl (C=O) groups excluding carboxylic acids is 1. The molecule has 0 saturated heterocycles. The molecule has 0 saturated carbocycles. The Labute approximate surface area is 158 Å². The van der Waals surface area contributed by atoms with E-state index in [-0.39, 0.29) is 4.90 Å². The number of nitrogens with zero attached hydrogens (tertiary/aromatic N) is 1. The lowest BCUT2D eigenvalue weighted by molar-refractivity contribution is -0.138. The van der Waals surface area contributed by atoms with Gasteiger partial charge in [0.1, 0.15) is 24.7 Å². The Morgan fingerprint density at radius 1 is 1.04 bits per heavy atom. The minimum absolute atomic E-state index is 0.0270. The van der Waals surface area contributed by atoms with E-state index in [0.717, 1.165) is 4.31 Å². The number of benzene rings is 2. The second-order valence-corrected chi connectivity index (χ2v) is 7.22. The molecule has 8 heteroatoms. The van der Waals surface area contributed by atoms with Crippen LogP contribution in [-0.2, 0) is 19.6 Å². The van der Waals surface area contributed by atoms with Gasteiger partial charge in [-0.2, -0.15) is 0 Å². The van der Waals surface area contributed by atoms with E-state index in [2.05, 4.69) is 11.3 Å². The molecule has 0 radical (unpaired) electrons. The Hall–Kier alpha value is -3.00. The number of esters is 1. The van der Waals surface area contributed by atoms with Gasteiger partial charge in [-0.05, 0) is 48.5 Å². The smallest absolute Gasteiger partial charge is 0.326 e. The summed E-state index contributed by atoms with van der Waals surface area (Å²) < 4.78 is 42.2. The van der Waals surface area contributed by atoms with Gasteiger partial charge in [0, 0.05) is 0 Å². The zero-order valence-electron chi connectivity index (χ0n) is 15.1. The second kappa shape index (κ2) is 9.09. The molecule has 0 bridgehead atoms. The summed E-state index contributed by atoms with van der Waals surface area (Å²) in [6, 6.07) is 12.3. The van der Waals surface area contributed by atoms with Gasteiger partial charge in [-0.15, -0.1) is 0 Å². The average Bonchev–Trinajstić information content (AvgIpc) is 2.70. The largest absolute Gasteiger partial charge is 0.497 e. The Balaban J connectivity index is 2.40. The van der Waals surface area contributed by atoms with Crippen molar-refractivity contribution in [2.45, 2.75) is 4.90 Å². The third-order valence-electron chi connectivity index (χ3n) is 3.64. The molecule has 0 atom stereocenters. The molecule has 0 aliphatic carbocycles. The van der Waals surface area contributed by atoms with E-state index in [9.17, 15) is 13.2 Å². The molecule has 0 heterocycles. The Kier molecular flexibility index (Phi) is 6.84. The Bertz CT molecular complexity index is 875. The SMILES string of the molecule is C=CCOc1ccc(N(CC(=O)OC)S(=O)(=O)c2ccc(OC)cc2)cc1. The van der Waals surface area contributed by atoms with E-state index in [1.165, 1.54) is 38.5 Å². The maximum atomic E-state index is 13.1. The first-order valence-corrected chi connectivity index (χ1v) is 9.43. The fourth-order valence-corrected chi connectivity index (χ4v) is 3.64. The third-order valence-corrected chi connectivity index (χ3v) is 5.43. The van der Waals surface area contributed by atoms with Gasteiger partial charge in [-0.1, -0.05) is 12.7 Å². The highest BCUT2D eigenvalue weighted by Crippen LogP contribution is 2.27. The molecule has 2 aromatic rings. The third kappa shape index (κ3) is 5.01. The van der Waals surface area contributed by atoms with E-state index in [1.807, 2.05) is 0 Å². The summed E-state index contributed by atoms with van der Waals surface area (Å²) in [6.07, 6.45) is 1.60. The first-order valence-electron chi connectivity index (χ1n) is 7.99. The lowest BCUT2D eigenvalue weighted by atomic mass is 10.3. The minimum atomic E-state index is -3.99. The van der Waals surface area contributed by atoms with Crippen LogP contribution in [0.25, 0.3) is 0 Å². The van der Waals surface area contributed by atoms with Crippen molar-refractivity contribution >= 4 is 21.7 Å². The van der Waals surface area contributed by atoms with Crippen LogP contribution in [0.2, 0.25) is 0 Å². The summed E-state index contributed by atoms with van der Waals surface area (Å²) in [5, 5.41) is 0. The fraction of sp³-hybridized carbons (Fsp3) is 0.211. The van der Waals surface area contributed by atoms with Crippen molar-refractivity contribution in [2.75, 3.05) is 31.7 Å². The first-order chi connectivity index (χ1) is 12.9. The monoisotopic (exact) mass is 391 g/mol. The van der Waals surface area contributed by atoms with Crippen molar-refractivity contribution in [3.63, 3.8) is 0 Å². The zero-order chi connectivity index (χ0) is 19.9. The maximum absolute atomic E-state index is 13.1. The van der Waals surface area contributed by atoms with E-state index >= 15 is 0 Å². The molecule has 0 fully saturated rings. The van der Waals surface area contributed by atoms with Crippen LogP contribution in [0.5, 0.6) is 11.5 Å². The van der Waals surface area contributed by atoms with Gasteiger partial charge in [-0.3, -0.25) is 9.10 Å². The summed E-state index contributed by atoms with van der Waals surface area (Å²) >= 11 is 0. The van der Waals surface area contributed by atoms with Gasteiger partial charge in [0.2, 0.25) is 0 Å². The molecule has 144 valence electrons. The topological polar surface area (TPSA) is 82.1 Å². The van der Waals surface area contributed by atoms with Gasteiger partial charge in [0.25, 0.3) is 10.0 Å². The van der Waals surface area contributed by atoms with Crippen LogP contribution in [0.15, 0.2) is 66.1 Å². The zero-order valence-corrected chi connectivity index (χ0v) is 15.9. The molecule has 7 nitrogen and oxygen atoms in total. The number of rotatable bonds is 9. The number of ether oxygens (including phenoxy) is 3. The Morgan fingerprint density at radius 3 is 2.15 bits per heavy atom. The van der Waals surface area contributed by atoms with Gasteiger partial charge in [-0.25, -0.2) is 8.42 Å². The number of hydrogen-bond donors (Lipinski definition) is 0. The van der Waals surface area contributed by atoms with Gasteiger partial charge in [0.15, 0.2) is 0 Å². The van der Waals surface area contributed by atoms with Crippen molar-refractivity contribution < 1.29 is 27.4 Å². The highest BCUT2D eigenvalue weighted by molar-refractivity contribution is 7.92. The van der Waals surface area contributed by atoms with E-state index in [1.54, 1.807) is 30.3 Å². The van der Waals surface area contributed by atoms with Crippen molar-refractivity contribution in [1.82, 2.24) is 0 Å². The van der Waals surface area contributed by atoms with Crippen LogP contribution in [-0.4, -0.2) is 41.8 Å². The average molecular weight is 391 g/mol. The lowest BCUT2D eigenvalue weighted by Gasteiger charge is -2.23. The van der Waals surface area contributed by atoms with Crippen LogP contribution in [0.1, 0.15) is 0 Å². The molecule has 27 heavy (non-hydrogen) atoms. The van der Waals surface area contributed by atoms with Crippen LogP contribution < -0.4 is 13.8 Å². The van der Waals surface area contributed by atoms with E-state index in [4.69, 9.17) is 9.47 Å². The standard InChI is InChI=1S/C19H21NO6S/c1-4-13-26-17-7-5-15(6-8-17)20(14-19(21)25-3)27(22,23)18-11-9-16(24-2)10-12-18/h4-12H,1,13-14H2,2-3H3. The van der Waals surface area contributed by atoms with Crippen LogP contribution in [0.3, 0.4) is 0 Å². The minimum Gasteiger partial charge on any atom is -0.497 e. The molecule has 2 aromatic carbocycles. The Morgan fingerprint density at radius 2 is 1.63 bits per heavy atom. The molecule has 2 rings (SSSR count). The van der Waals surface area contributed by atoms with E-state index in [0.29, 0.717) is 23.8 Å². The van der Waals surface area contributed by atoms with Crippen molar-refractivity contribution in [2.24, 2.45) is 0 Å². The van der Waals surface area contributed by atoms with Gasteiger partial charge in [0.05, 0.1) is 24.8 Å². The molecule has 0 aromatic heterocycles. The molecular formula is C19H21NO6S. The highest BCUT2D eigenvalue weighted by atomic mass is 32.2. The molecule has 0 aliphatic heterocycles. The van der Waals surface area contributed by atoms with Crippen molar-refractivity contribution in [1.29, 1.82) is 0 Å². The first kappa shape index (κ1) is 20.3. The number of methoxy groups -OCH3 is 2. The summed E-state index contributed by atoms with van der Waals surface area (Å²) in [7, 11) is -1.30. The fourth-order valence-electron chi connectivity index (χ4n) is 2.24. The van der Waals surface area contributed by atoms with Crippen molar-refractivity contribution in [3.8, 4) is 11.5 Å². The van der Waals surface area contributed by atoms with Crippen LogP contribution >= 0.6 is 0 Å². The number of hydrogen-bond acceptors (Lipinski definition) is 6. The molecular weight excluding hydrogens is 370 g/mol. The van der Waals surface area contributed by atoms with E-state index < -0.39 is 22.5 Å². The summed E-state index contributed by atoms with van der Waals surface area (Å²) in [4.78, 5) is 11.8. The summed E-state index contributed by atoms with van der Waals surface area (Å²) in [6.45, 7) is 3.44.